The van der Waals surface area contributed by atoms with Crippen LogP contribution in [0.4, 0.5) is 10.1 Å². The van der Waals surface area contributed by atoms with Crippen LogP contribution < -0.4 is 15.1 Å². The second kappa shape index (κ2) is 8.13. The molecular formula is C21H22FN3O7. The standard InChI is InChI=1S/C21H22FN3O7/c1-32-20-17-12(19(28)13(21(29)30)8-25(17)11-3-4-11)6-14(22)18(20)24-7-10(2-5-16(26)27)15(9-24)23-31/h6,8,10-11,31H,2-5,7,9H2,1H3,(H,26,27)(H,29,30)/b23-15+. The molecule has 4 rings (SSSR count). The molecule has 32 heavy (non-hydrogen) atoms. The van der Waals surface area contributed by atoms with E-state index in [4.69, 9.17) is 9.84 Å². The molecule has 0 amide bonds. The van der Waals surface area contributed by atoms with E-state index in [0.717, 1.165) is 18.9 Å². The Bertz CT molecular complexity index is 1200. The van der Waals surface area contributed by atoms with E-state index in [0.29, 0.717) is 11.2 Å². The number of nitrogens with zero attached hydrogens (tertiary/aromatic N) is 3. The first-order chi connectivity index (χ1) is 15.3. The summed E-state index contributed by atoms with van der Waals surface area (Å²) < 4.78 is 22.5. The smallest absolute Gasteiger partial charge is 0.341 e. The van der Waals surface area contributed by atoms with E-state index in [1.54, 1.807) is 9.47 Å². The number of ether oxygens (including phenoxy) is 1. The number of benzene rings is 1. The Hall–Kier alpha value is -3.63. The highest BCUT2D eigenvalue weighted by Gasteiger charge is 2.36. The summed E-state index contributed by atoms with van der Waals surface area (Å²) in [7, 11) is 1.34. The molecular weight excluding hydrogens is 425 g/mol. The molecule has 3 N–H and O–H groups in total. The Balaban J connectivity index is 1.88. The van der Waals surface area contributed by atoms with Gasteiger partial charge in [-0.05, 0) is 25.3 Å². The van der Waals surface area contributed by atoms with Crippen molar-refractivity contribution in [2.75, 3.05) is 25.1 Å². The van der Waals surface area contributed by atoms with Crippen LogP contribution in [0, 0.1) is 11.7 Å². The lowest BCUT2D eigenvalue weighted by Gasteiger charge is -2.24. The number of fused-ring (bicyclic) bond motifs is 1. The van der Waals surface area contributed by atoms with Crippen molar-refractivity contribution < 1.29 is 34.1 Å². The summed E-state index contributed by atoms with van der Waals surface area (Å²) in [5.74, 6) is -3.47. The molecule has 170 valence electrons. The van der Waals surface area contributed by atoms with Crippen LogP contribution in [0.1, 0.15) is 42.1 Å². The number of hydrogen-bond acceptors (Lipinski definition) is 7. The van der Waals surface area contributed by atoms with Gasteiger partial charge < -0.3 is 29.6 Å². The minimum Gasteiger partial charge on any atom is -0.492 e. The Labute approximate surface area is 181 Å². The number of carboxylic acids is 2. The SMILES string of the molecule is COc1c(N2C/C(=N\O)C(CCC(=O)O)C2)c(F)cc2c(=O)c(C(=O)O)cn(C3CC3)c12. The van der Waals surface area contributed by atoms with E-state index >= 15 is 4.39 Å². The molecule has 0 radical (unpaired) electrons. The van der Waals surface area contributed by atoms with Crippen molar-refractivity contribution in [3.05, 3.63) is 33.9 Å². The van der Waals surface area contributed by atoms with Crippen LogP contribution in [-0.4, -0.2) is 57.8 Å². The van der Waals surface area contributed by atoms with Crippen molar-refractivity contribution in [2.45, 2.75) is 31.7 Å². The van der Waals surface area contributed by atoms with Gasteiger partial charge in [0.2, 0.25) is 5.43 Å². The third kappa shape index (κ3) is 3.63. The van der Waals surface area contributed by atoms with Gasteiger partial charge in [0.25, 0.3) is 0 Å². The predicted octanol–water partition coefficient (Wildman–Crippen LogP) is 2.31. The molecule has 1 aromatic heterocycles. The van der Waals surface area contributed by atoms with Crippen molar-refractivity contribution in [1.29, 1.82) is 0 Å². The number of aromatic carboxylic acids is 1. The van der Waals surface area contributed by atoms with Gasteiger partial charge in [-0.25, -0.2) is 9.18 Å². The molecule has 2 aliphatic rings. The fourth-order valence-electron chi connectivity index (χ4n) is 4.32. The number of pyridine rings is 1. The average molecular weight is 447 g/mol. The van der Waals surface area contributed by atoms with E-state index in [1.165, 1.54) is 13.3 Å². The summed E-state index contributed by atoms with van der Waals surface area (Å²) in [6, 6.07) is 0.987. The third-order valence-corrected chi connectivity index (χ3v) is 5.99. The molecule has 1 unspecified atom stereocenters. The molecule has 2 fully saturated rings. The van der Waals surface area contributed by atoms with Crippen LogP contribution in [0.2, 0.25) is 0 Å². The van der Waals surface area contributed by atoms with Gasteiger partial charge in [-0.15, -0.1) is 0 Å². The lowest BCUT2D eigenvalue weighted by atomic mass is 10.0. The van der Waals surface area contributed by atoms with Crippen molar-refractivity contribution in [3.8, 4) is 5.75 Å². The maximum atomic E-state index is 15.3. The molecule has 2 aromatic rings. The van der Waals surface area contributed by atoms with Crippen molar-refractivity contribution in [2.24, 2.45) is 11.1 Å². The fourth-order valence-corrected chi connectivity index (χ4v) is 4.32. The number of carboxylic acid groups (broad SMARTS) is 2. The maximum Gasteiger partial charge on any atom is 0.341 e. The Morgan fingerprint density at radius 3 is 2.59 bits per heavy atom. The van der Waals surface area contributed by atoms with E-state index in [2.05, 4.69) is 5.16 Å². The average Bonchev–Trinajstić information content (AvgIpc) is 3.51. The summed E-state index contributed by atoms with van der Waals surface area (Å²) in [5, 5.41) is 30.9. The van der Waals surface area contributed by atoms with Gasteiger partial charge in [-0.2, -0.15) is 0 Å². The second-order valence-electron chi connectivity index (χ2n) is 8.05. The molecule has 11 heteroatoms. The van der Waals surface area contributed by atoms with Crippen LogP contribution >= 0.6 is 0 Å². The first kappa shape index (κ1) is 21.6. The Morgan fingerprint density at radius 1 is 1.31 bits per heavy atom. The number of anilines is 1. The second-order valence-corrected chi connectivity index (χ2v) is 8.05. The van der Waals surface area contributed by atoms with Crippen LogP contribution in [0.25, 0.3) is 10.9 Å². The number of halogens is 1. The molecule has 1 saturated carbocycles. The van der Waals surface area contributed by atoms with Gasteiger partial charge in [0.05, 0.1) is 30.3 Å². The highest BCUT2D eigenvalue weighted by molar-refractivity contribution is 5.99. The predicted molar refractivity (Wildman–Crippen MR) is 112 cm³/mol. The summed E-state index contributed by atoms with van der Waals surface area (Å²) in [5.41, 5.74) is -0.558. The quantitative estimate of drug-likeness (QED) is 0.434. The number of aromatic nitrogens is 1. The summed E-state index contributed by atoms with van der Waals surface area (Å²) in [6.45, 7) is 0.257. The zero-order chi connectivity index (χ0) is 23.2. The van der Waals surface area contributed by atoms with Crippen molar-refractivity contribution >= 4 is 34.2 Å². The third-order valence-electron chi connectivity index (χ3n) is 5.99. The topological polar surface area (TPSA) is 142 Å². The number of aliphatic carboxylic acids is 1. The van der Waals surface area contributed by atoms with Crippen molar-refractivity contribution in [3.63, 3.8) is 0 Å². The number of carbonyl (C=O) groups is 2. The Morgan fingerprint density at radius 2 is 2.03 bits per heavy atom. The highest BCUT2D eigenvalue weighted by Crippen LogP contribution is 2.44. The molecule has 1 atom stereocenters. The number of oxime groups is 1. The first-order valence-corrected chi connectivity index (χ1v) is 10.1. The zero-order valence-corrected chi connectivity index (χ0v) is 17.2. The molecule has 10 nitrogen and oxygen atoms in total. The zero-order valence-electron chi connectivity index (χ0n) is 17.2. The van der Waals surface area contributed by atoms with Crippen LogP contribution in [-0.2, 0) is 4.79 Å². The monoisotopic (exact) mass is 447 g/mol. The molecule has 1 saturated heterocycles. The summed E-state index contributed by atoms with van der Waals surface area (Å²) >= 11 is 0. The van der Waals surface area contributed by atoms with Gasteiger partial charge in [-0.1, -0.05) is 5.16 Å². The molecule has 2 heterocycles. The molecule has 0 bridgehead atoms. The van der Waals surface area contributed by atoms with Crippen LogP contribution in [0.3, 0.4) is 0 Å². The number of methoxy groups -OCH3 is 1. The lowest BCUT2D eigenvalue weighted by molar-refractivity contribution is -0.137. The van der Waals surface area contributed by atoms with Gasteiger partial charge in [0.1, 0.15) is 11.3 Å². The minimum atomic E-state index is -1.39. The minimum absolute atomic E-state index is 0.0279. The van der Waals surface area contributed by atoms with E-state index < -0.39 is 34.7 Å². The largest absolute Gasteiger partial charge is 0.492 e. The Kier molecular flexibility index (Phi) is 5.49. The molecule has 1 aliphatic heterocycles. The maximum absolute atomic E-state index is 15.3. The van der Waals surface area contributed by atoms with E-state index in [1.807, 2.05) is 0 Å². The molecule has 0 spiro atoms. The summed E-state index contributed by atoms with van der Waals surface area (Å²) in [4.78, 5) is 36.9. The fraction of sp³-hybridized carbons (Fsp3) is 0.429. The van der Waals surface area contributed by atoms with Gasteiger partial charge >= 0.3 is 11.9 Å². The van der Waals surface area contributed by atoms with Crippen LogP contribution in [0.5, 0.6) is 5.75 Å². The molecule has 1 aliphatic carbocycles. The van der Waals surface area contributed by atoms with Gasteiger partial charge in [0.15, 0.2) is 11.6 Å². The van der Waals surface area contributed by atoms with Gasteiger partial charge in [-0.3, -0.25) is 9.59 Å². The van der Waals surface area contributed by atoms with Gasteiger partial charge in [0, 0.05) is 31.1 Å². The van der Waals surface area contributed by atoms with E-state index in [9.17, 15) is 24.7 Å². The van der Waals surface area contributed by atoms with Crippen molar-refractivity contribution in [1.82, 2.24) is 4.57 Å². The molecule has 1 aromatic carbocycles. The summed E-state index contributed by atoms with van der Waals surface area (Å²) in [6.07, 6.45) is 2.94. The number of hydrogen-bond donors (Lipinski definition) is 3. The first-order valence-electron chi connectivity index (χ1n) is 10.1. The normalized spacial score (nSPS) is 19.6. The van der Waals surface area contributed by atoms with E-state index in [-0.39, 0.29) is 48.8 Å². The number of rotatable bonds is 7. The van der Waals surface area contributed by atoms with Crippen LogP contribution in [0.15, 0.2) is 22.2 Å². The highest BCUT2D eigenvalue weighted by atomic mass is 19.1. The lowest BCUT2D eigenvalue weighted by Crippen LogP contribution is -2.24.